The fourth-order valence-electron chi connectivity index (χ4n) is 2.68. The van der Waals surface area contributed by atoms with Crippen molar-refractivity contribution in [3.05, 3.63) is 0 Å². The predicted molar refractivity (Wildman–Crippen MR) is 98.3 cm³/mol. The SMILES string of the molecule is COC(=O)CCCCCCCCCCC(Cl)CCCCC(=O)OC. The van der Waals surface area contributed by atoms with Crippen LogP contribution in [-0.4, -0.2) is 31.5 Å². The number of hydrogen-bond acceptors (Lipinski definition) is 4. The Bertz CT molecular complexity index is 320. The van der Waals surface area contributed by atoms with Gasteiger partial charge in [0.05, 0.1) is 14.2 Å². The second-order valence-electron chi connectivity index (χ2n) is 6.36. The van der Waals surface area contributed by atoms with Gasteiger partial charge in [-0.05, 0) is 25.7 Å². The van der Waals surface area contributed by atoms with Gasteiger partial charge in [-0.25, -0.2) is 0 Å². The minimum atomic E-state index is -0.133. The molecule has 142 valence electrons. The van der Waals surface area contributed by atoms with E-state index in [9.17, 15) is 9.59 Å². The molecule has 0 heterocycles. The van der Waals surface area contributed by atoms with Gasteiger partial charge in [0.1, 0.15) is 0 Å². The number of alkyl halides is 1. The Morgan fingerprint density at radius 2 is 1.00 bits per heavy atom. The van der Waals surface area contributed by atoms with Crippen molar-refractivity contribution in [1.82, 2.24) is 0 Å². The normalized spacial score (nSPS) is 12.0. The highest BCUT2D eigenvalue weighted by Gasteiger charge is 2.06. The molecule has 5 heteroatoms. The highest BCUT2D eigenvalue weighted by Crippen LogP contribution is 2.17. The van der Waals surface area contributed by atoms with Gasteiger partial charge >= 0.3 is 11.9 Å². The molecular weight excluding hydrogens is 328 g/mol. The minimum Gasteiger partial charge on any atom is -0.469 e. The Labute approximate surface area is 152 Å². The van der Waals surface area contributed by atoms with Crippen molar-refractivity contribution < 1.29 is 19.1 Å². The second-order valence-corrected chi connectivity index (χ2v) is 6.98. The largest absolute Gasteiger partial charge is 0.469 e. The number of rotatable bonds is 16. The number of carbonyl (C=O) groups is 2. The average molecular weight is 363 g/mol. The average Bonchev–Trinajstić information content (AvgIpc) is 2.59. The van der Waals surface area contributed by atoms with Gasteiger partial charge in [-0.3, -0.25) is 9.59 Å². The number of halogens is 1. The van der Waals surface area contributed by atoms with Crippen LogP contribution in [0.4, 0.5) is 0 Å². The Hall–Kier alpha value is -0.770. The Morgan fingerprint density at radius 3 is 1.46 bits per heavy atom. The molecule has 0 bridgehead atoms. The van der Waals surface area contributed by atoms with Gasteiger partial charge < -0.3 is 9.47 Å². The first-order valence-corrected chi connectivity index (χ1v) is 9.81. The summed E-state index contributed by atoms with van der Waals surface area (Å²) in [6.45, 7) is 0. The molecule has 0 aliphatic heterocycles. The third kappa shape index (κ3) is 16.1. The summed E-state index contributed by atoms with van der Waals surface area (Å²) in [6.07, 6.45) is 14.4. The van der Waals surface area contributed by atoms with Gasteiger partial charge in [0.15, 0.2) is 0 Å². The van der Waals surface area contributed by atoms with E-state index in [2.05, 4.69) is 9.47 Å². The minimum absolute atomic E-state index is 0.101. The monoisotopic (exact) mass is 362 g/mol. The van der Waals surface area contributed by atoms with E-state index >= 15 is 0 Å². The smallest absolute Gasteiger partial charge is 0.305 e. The van der Waals surface area contributed by atoms with Crippen molar-refractivity contribution >= 4 is 23.5 Å². The van der Waals surface area contributed by atoms with E-state index in [1.807, 2.05) is 0 Å². The topological polar surface area (TPSA) is 52.6 Å². The molecule has 1 unspecified atom stereocenters. The van der Waals surface area contributed by atoms with Gasteiger partial charge in [-0.2, -0.15) is 0 Å². The Kier molecular flexibility index (Phi) is 16.5. The summed E-state index contributed by atoms with van der Waals surface area (Å²) in [7, 11) is 2.87. The van der Waals surface area contributed by atoms with Crippen LogP contribution < -0.4 is 0 Å². The summed E-state index contributed by atoms with van der Waals surface area (Å²) < 4.78 is 9.23. The first kappa shape index (κ1) is 23.2. The van der Waals surface area contributed by atoms with E-state index in [1.165, 1.54) is 52.7 Å². The lowest BCUT2D eigenvalue weighted by atomic mass is 10.0. The summed E-state index contributed by atoms with van der Waals surface area (Å²) >= 11 is 6.31. The number of methoxy groups -OCH3 is 2. The summed E-state index contributed by atoms with van der Waals surface area (Å²) in [5.41, 5.74) is 0. The van der Waals surface area contributed by atoms with E-state index in [-0.39, 0.29) is 17.3 Å². The highest BCUT2D eigenvalue weighted by molar-refractivity contribution is 6.20. The van der Waals surface area contributed by atoms with E-state index in [0.29, 0.717) is 12.8 Å². The zero-order chi connectivity index (χ0) is 18.0. The maximum absolute atomic E-state index is 11.0. The predicted octanol–water partition coefficient (Wildman–Crippen LogP) is 5.40. The number of esters is 2. The lowest BCUT2D eigenvalue weighted by Crippen LogP contribution is -2.02. The van der Waals surface area contributed by atoms with Crippen molar-refractivity contribution in [2.75, 3.05) is 14.2 Å². The molecule has 1 atom stereocenters. The molecule has 0 aliphatic rings. The maximum atomic E-state index is 11.0. The summed E-state index contributed by atoms with van der Waals surface area (Å²) in [4.78, 5) is 21.9. The van der Waals surface area contributed by atoms with Crippen molar-refractivity contribution in [2.45, 2.75) is 95.3 Å². The fourth-order valence-corrected chi connectivity index (χ4v) is 2.99. The standard InChI is InChI=1S/C19H35ClO4/c1-23-18(21)15-10-8-6-4-3-5-7-9-13-17(20)14-11-12-16-19(22)24-2/h17H,3-16H2,1-2H3. The van der Waals surface area contributed by atoms with E-state index in [0.717, 1.165) is 38.5 Å². The van der Waals surface area contributed by atoms with Crippen LogP contribution in [-0.2, 0) is 19.1 Å². The third-order valence-electron chi connectivity index (χ3n) is 4.25. The van der Waals surface area contributed by atoms with Crippen LogP contribution in [0.3, 0.4) is 0 Å². The zero-order valence-corrected chi connectivity index (χ0v) is 16.2. The summed E-state index contributed by atoms with van der Waals surface area (Å²) in [5.74, 6) is -0.234. The molecule has 0 rings (SSSR count). The molecule has 0 radical (unpaired) electrons. The third-order valence-corrected chi connectivity index (χ3v) is 4.69. The fraction of sp³-hybridized carbons (Fsp3) is 0.895. The van der Waals surface area contributed by atoms with Crippen LogP contribution in [0.5, 0.6) is 0 Å². The van der Waals surface area contributed by atoms with Gasteiger partial charge in [-0.1, -0.05) is 51.4 Å². The molecule has 0 N–H and O–H groups in total. The van der Waals surface area contributed by atoms with Crippen LogP contribution in [0.2, 0.25) is 0 Å². The van der Waals surface area contributed by atoms with Crippen LogP contribution in [0.25, 0.3) is 0 Å². The first-order chi connectivity index (χ1) is 11.6. The van der Waals surface area contributed by atoms with Crippen LogP contribution in [0, 0.1) is 0 Å². The van der Waals surface area contributed by atoms with Gasteiger partial charge in [0, 0.05) is 18.2 Å². The van der Waals surface area contributed by atoms with E-state index in [4.69, 9.17) is 11.6 Å². The van der Waals surface area contributed by atoms with Gasteiger partial charge in [-0.15, -0.1) is 11.6 Å². The maximum Gasteiger partial charge on any atom is 0.305 e. The lowest BCUT2D eigenvalue weighted by Gasteiger charge is -2.09. The molecule has 0 aromatic heterocycles. The van der Waals surface area contributed by atoms with E-state index in [1.54, 1.807) is 0 Å². The number of carbonyl (C=O) groups excluding carboxylic acids is 2. The van der Waals surface area contributed by atoms with Crippen molar-refractivity contribution in [3.63, 3.8) is 0 Å². The molecule has 0 saturated carbocycles. The Balaban J connectivity index is 3.23. The van der Waals surface area contributed by atoms with Gasteiger partial charge in [0.25, 0.3) is 0 Å². The summed E-state index contributed by atoms with van der Waals surface area (Å²) in [5, 5.41) is 0.237. The molecule has 4 nitrogen and oxygen atoms in total. The molecule has 0 fully saturated rings. The molecule has 0 saturated heterocycles. The zero-order valence-electron chi connectivity index (χ0n) is 15.5. The molecule has 0 spiro atoms. The van der Waals surface area contributed by atoms with Crippen molar-refractivity contribution in [2.24, 2.45) is 0 Å². The number of unbranched alkanes of at least 4 members (excludes halogenated alkanes) is 8. The molecular formula is C19H35ClO4. The molecule has 0 amide bonds. The van der Waals surface area contributed by atoms with E-state index < -0.39 is 0 Å². The van der Waals surface area contributed by atoms with Crippen molar-refractivity contribution in [3.8, 4) is 0 Å². The Morgan fingerprint density at radius 1 is 0.667 bits per heavy atom. The molecule has 24 heavy (non-hydrogen) atoms. The molecule has 0 aliphatic carbocycles. The number of hydrogen-bond donors (Lipinski definition) is 0. The van der Waals surface area contributed by atoms with Crippen LogP contribution >= 0.6 is 11.6 Å². The molecule has 0 aromatic carbocycles. The van der Waals surface area contributed by atoms with Crippen molar-refractivity contribution in [1.29, 1.82) is 0 Å². The summed E-state index contributed by atoms with van der Waals surface area (Å²) in [6, 6.07) is 0. The number of ether oxygens (including phenoxy) is 2. The van der Waals surface area contributed by atoms with Gasteiger partial charge in [0.2, 0.25) is 0 Å². The van der Waals surface area contributed by atoms with Crippen LogP contribution in [0.1, 0.15) is 89.9 Å². The first-order valence-electron chi connectivity index (χ1n) is 9.37. The molecule has 0 aromatic rings. The lowest BCUT2D eigenvalue weighted by molar-refractivity contribution is -0.141. The van der Waals surface area contributed by atoms with Crippen LogP contribution in [0.15, 0.2) is 0 Å². The highest BCUT2D eigenvalue weighted by atomic mass is 35.5. The quantitative estimate of drug-likeness (QED) is 0.209. The second kappa shape index (κ2) is 17.1.